The second kappa shape index (κ2) is 7.25. The molecular weight excluding hydrogens is 322 g/mol. The van der Waals surface area contributed by atoms with E-state index in [9.17, 15) is 9.59 Å². The van der Waals surface area contributed by atoms with Crippen LogP contribution in [0.5, 0.6) is 17.2 Å². The predicted octanol–water partition coefficient (Wildman–Crippen LogP) is 3.54. The highest BCUT2D eigenvalue weighted by atomic mass is 16.5. The smallest absolute Gasteiger partial charge is 0.306 e. The van der Waals surface area contributed by atoms with Crippen molar-refractivity contribution in [3.63, 3.8) is 0 Å². The van der Waals surface area contributed by atoms with Crippen molar-refractivity contribution >= 4 is 17.6 Å². The molecule has 6 heteroatoms. The summed E-state index contributed by atoms with van der Waals surface area (Å²) in [6, 6.07) is 14.3. The highest BCUT2D eigenvalue weighted by molar-refractivity contribution is 5.94. The number of carboxylic acid groups (broad SMARTS) is 1. The number of hydrogen-bond donors (Lipinski definition) is 2. The first kappa shape index (κ1) is 16.8. The molecule has 6 nitrogen and oxygen atoms in total. The van der Waals surface area contributed by atoms with E-state index in [-0.39, 0.29) is 11.8 Å². The van der Waals surface area contributed by atoms with Crippen LogP contribution in [-0.2, 0) is 9.59 Å². The van der Waals surface area contributed by atoms with Crippen molar-refractivity contribution in [2.24, 2.45) is 11.8 Å². The fourth-order valence-corrected chi connectivity index (χ4v) is 2.71. The molecule has 3 rings (SSSR count). The van der Waals surface area contributed by atoms with E-state index in [0.29, 0.717) is 35.8 Å². The summed E-state index contributed by atoms with van der Waals surface area (Å²) in [5, 5.41) is 11.7. The third kappa shape index (κ3) is 3.91. The maximum atomic E-state index is 12.1. The molecule has 1 saturated carbocycles. The number of aliphatic carboxylic acids is 1. The summed E-state index contributed by atoms with van der Waals surface area (Å²) >= 11 is 0. The predicted molar refractivity (Wildman–Crippen MR) is 92.0 cm³/mol. The Balaban J connectivity index is 1.57. The molecule has 1 aliphatic carbocycles. The molecule has 0 saturated heterocycles. The molecule has 0 radical (unpaired) electrons. The molecule has 25 heavy (non-hydrogen) atoms. The number of carboxylic acids is 1. The van der Waals surface area contributed by atoms with E-state index in [1.165, 1.54) is 0 Å². The Bertz CT molecular complexity index is 766. The zero-order valence-electron chi connectivity index (χ0n) is 13.8. The minimum absolute atomic E-state index is 0.143. The van der Waals surface area contributed by atoms with Crippen LogP contribution in [0, 0.1) is 11.8 Å². The van der Waals surface area contributed by atoms with Gasteiger partial charge in [-0.1, -0.05) is 12.1 Å². The van der Waals surface area contributed by atoms with Crippen LogP contribution in [0.25, 0.3) is 0 Å². The van der Waals surface area contributed by atoms with Gasteiger partial charge in [-0.15, -0.1) is 0 Å². The third-order valence-electron chi connectivity index (χ3n) is 4.28. The molecule has 130 valence electrons. The fraction of sp³-hybridized carbons (Fsp3) is 0.263. The molecule has 0 aromatic heterocycles. The summed E-state index contributed by atoms with van der Waals surface area (Å²) in [7, 11) is 1.58. The van der Waals surface area contributed by atoms with Crippen molar-refractivity contribution in [1.82, 2.24) is 0 Å². The number of para-hydroxylation sites is 2. The van der Waals surface area contributed by atoms with E-state index in [1.807, 2.05) is 24.3 Å². The number of carbonyl (C=O) groups is 2. The maximum absolute atomic E-state index is 12.1. The van der Waals surface area contributed by atoms with E-state index in [0.717, 1.165) is 0 Å². The van der Waals surface area contributed by atoms with Crippen molar-refractivity contribution in [3.8, 4) is 17.2 Å². The zero-order valence-corrected chi connectivity index (χ0v) is 13.8. The first-order valence-electron chi connectivity index (χ1n) is 8.01. The molecule has 0 heterocycles. The van der Waals surface area contributed by atoms with Crippen molar-refractivity contribution in [3.05, 3.63) is 48.5 Å². The Morgan fingerprint density at radius 3 is 2.24 bits per heavy atom. The number of carbonyl (C=O) groups excluding carboxylic acids is 1. The number of rotatable bonds is 6. The lowest BCUT2D eigenvalue weighted by atomic mass is 9.74. The Hall–Kier alpha value is -3.02. The quantitative estimate of drug-likeness (QED) is 0.839. The monoisotopic (exact) mass is 341 g/mol. The molecule has 0 aliphatic heterocycles. The van der Waals surface area contributed by atoms with Crippen LogP contribution in [0.1, 0.15) is 12.8 Å². The molecule has 0 spiro atoms. The van der Waals surface area contributed by atoms with Gasteiger partial charge in [-0.2, -0.15) is 0 Å². The Morgan fingerprint density at radius 1 is 1.00 bits per heavy atom. The third-order valence-corrected chi connectivity index (χ3v) is 4.28. The molecular formula is C19H19NO5. The van der Waals surface area contributed by atoms with Crippen LogP contribution >= 0.6 is 0 Å². The van der Waals surface area contributed by atoms with E-state index < -0.39 is 11.9 Å². The summed E-state index contributed by atoms with van der Waals surface area (Å²) in [4.78, 5) is 22.9. The van der Waals surface area contributed by atoms with Crippen LogP contribution in [-0.4, -0.2) is 24.1 Å². The lowest BCUT2D eigenvalue weighted by Crippen LogP contribution is -2.38. The number of hydrogen-bond acceptors (Lipinski definition) is 4. The van der Waals surface area contributed by atoms with E-state index in [4.69, 9.17) is 14.6 Å². The van der Waals surface area contributed by atoms with E-state index >= 15 is 0 Å². The number of benzene rings is 2. The number of nitrogens with one attached hydrogen (secondary N) is 1. The lowest BCUT2D eigenvalue weighted by molar-refractivity contribution is -0.147. The second-order valence-corrected chi connectivity index (χ2v) is 5.97. The van der Waals surface area contributed by atoms with E-state index in [1.54, 1.807) is 31.4 Å². The minimum Gasteiger partial charge on any atom is -0.493 e. The fourth-order valence-electron chi connectivity index (χ4n) is 2.71. The lowest BCUT2D eigenvalue weighted by Gasteiger charge is -2.30. The summed E-state index contributed by atoms with van der Waals surface area (Å²) < 4.78 is 11.0. The summed E-state index contributed by atoms with van der Waals surface area (Å²) in [6.07, 6.45) is 0.798. The molecule has 0 bridgehead atoms. The van der Waals surface area contributed by atoms with Crippen molar-refractivity contribution in [2.45, 2.75) is 12.8 Å². The molecule has 1 aliphatic rings. The van der Waals surface area contributed by atoms with Gasteiger partial charge in [0.15, 0.2) is 11.5 Å². The van der Waals surface area contributed by atoms with E-state index in [2.05, 4.69) is 5.32 Å². The highest BCUT2D eigenvalue weighted by Gasteiger charge is 2.38. The van der Waals surface area contributed by atoms with Gasteiger partial charge in [-0.3, -0.25) is 9.59 Å². The largest absolute Gasteiger partial charge is 0.493 e. The van der Waals surface area contributed by atoms with Crippen LogP contribution in [0.4, 0.5) is 5.69 Å². The van der Waals surface area contributed by atoms with Crippen molar-refractivity contribution in [1.29, 1.82) is 0 Å². The van der Waals surface area contributed by atoms with Gasteiger partial charge in [0.2, 0.25) is 5.91 Å². The SMILES string of the molecule is COc1ccccc1Oc1ccc(NC(=O)C2CC(C(=O)O)C2)cc1. The average molecular weight is 341 g/mol. The van der Waals surface area contributed by atoms with Crippen LogP contribution < -0.4 is 14.8 Å². The maximum Gasteiger partial charge on any atom is 0.306 e. The Labute approximate surface area is 145 Å². The standard InChI is InChI=1S/C19H19NO5/c1-24-16-4-2-3-5-17(16)25-15-8-6-14(7-9-15)20-18(21)12-10-13(11-12)19(22)23/h2-9,12-13H,10-11H2,1H3,(H,20,21)(H,22,23). The van der Waals surface area contributed by atoms with Gasteiger partial charge in [-0.05, 0) is 49.2 Å². The average Bonchev–Trinajstić information content (AvgIpc) is 2.55. The van der Waals surface area contributed by atoms with Crippen LogP contribution in [0.3, 0.4) is 0 Å². The summed E-state index contributed by atoms with van der Waals surface area (Å²) in [6.45, 7) is 0. The van der Waals surface area contributed by atoms with Crippen LogP contribution in [0.2, 0.25) is 0 Å². The molecule has 2 aromatic carbocycles. The van der Waals surface area contributed by atoms with Crippen LogP contribution in [0.15, 0.2) is 48.5 Å². The number of methoxy groups -OCH3 is 1. The van der Waals surface area contributed by atoms with Gasteiger partial charge in [0.25, 0.3) is 0 Å². The van der Waals surface area contributed by atoms with Gasteiger partial charge < -0.3 is 19.9 Å². The van der Waals surface area contributed by atoms with Crippen molar-refractivity contribution in [2.75, 3.05) is 12.4 Å². The Morgan fingerprint density at radius 2 is 1.64 bits per heavy atom. The second-order valence-electron chi connectivity index (χ2n) is 5.97. The van der Waals surface area contributed by atoms with Gasteiger partial charge >= 0.3 is 5.97 Å². The number of ether oxygens (including phenoxy) is 2. The minimum atomic E-state index is -0.832. The molecule has 2 aromatic rings. The number of amides is 1. The summed E-state index contributed by atoms with van der Waals surface area (Å²) in [5.74, 6) is 0.265. The summed E-state index contributed by atoms with van der Waals surface area (Å²) in [5.41, 5.74) is 0.649. The Kier molecular flexibility index (Phi) is 4.88. The molecule has 0 unspecified atom stereocenters. The van der Waals surface area contributed by atoms with Gasteiger partial charge in [0.05, 0.1) is 13.0 Å². The first-order chi connectivity index (χ1) is 12.1. The van der Waals surface area contributed by atoms with Gasteiger partial charge in [0, 0.05) is 11.6 Å². The first-order valence-corrected chi connectivity index (χ1v) is 8.01. The van der Waals surface area contributed by atoms with Gasteiger partial charge in [-0.25, -0.2) is 0 Å². The topological polar surface area (TPSA) is 84.9 Å². The molecule has 1 fully saturated rings. The highest BCUT2D eigenvalue weighted by Crippen LogP contribution is 2.35. The zero-order chi connectivity index (χ0) is 17.8. The number of anilines is 1. The molecule has 1 amide bonds. The molecule has 2 N–H and O–H groups in total. The normalized spacial score (nSPS) is 18.8. The van der Waals surface area contributed by atoms with Crippen molar-refractivity contribution < 1.29 is 24.2 Å². The molecule has 0 atom stereocenters. The van der Waals surface area contributed by atoms with Gasteiger partial charge in [0.1, 0.15) is 5.75 Å².